The summed E-state index contributed by atoms with van der Waals surface area (Å²) >= 11 is 18.9. The maximum absolute atomic E-state index is 14.1. The molecular weight excluding hydrogens is 605 g/mol. The summed E-state index contributed by atoms with van der Waals surface area (Å²) < 4.78 is 28.8. The number of anilines is 1. The predicted octanol–water partition coefficient (Wildman–Crippen LogP) is 6.87. The highest BCUT2D eigenvalue weighted by atomic mass is 35.5. The Kier molecular flexibility index (Phi) is 10.7. The number of aryl methyl sites for hydroxylation is 1. The van der Waals surface area contributed by atoms with Crippen LogP contribution < -0.4 is 9.62 Å². The summed E-state index contributed by atoms with van der Waals surface area (Å²) in [7, 11) is -4.20. The molecule has 0 fully saturated rings. The molecule has 7 nitrogen and oxygen atoms in total. The third-order valence-corrected chi connectivity index (χ3v) is 9.08. The van der Waals surface area contributed by atoms with Crippen molar-refractivity contribution in [2.45, 2.75) is 64.1 Å². The van der Waals surface area contributed by atoms with Crippen molar-refractivity contribution >= 4 is 62.3 Å². The van der Waals surface area contributed by atoms with Gasteiger partial charge in [0.15, 0.2) is 0 Å². The summed E-state index contributed by atoms with van der Waals surface area (Å²) in [6.45, 7) is 8.48. The first-order chi connectivity index (χ1) is 19.1. The van der Waals surface area contributed by atoms with Crippen LogP contribution in [0.4, 0.5) is 5.69 Å². The number of carbonyl (C=O) groups excluding carboxylic acids is 2. The van der Waals surface area contributed by atoms with Crippen molar-refractivity contribution in [3.05, 3.63) is 92.9 Å². The van der Waals surface area contributed by atoms with Crippen molar-refractivity contribution in [3.63, 3.8) is 0 Å². The van der Waals surface area contributed by atoms with Crippen LogP contribution in [-0.4, -0.2) is 43.3 Å². The van der Waals surface area contributed by atoms with Gasteiger partial charge in [-0.25, -0.2) is 8.42 Å². The number of halogens is 3. The van der Waals surface area contributed by atoms with Gasteiger partial charge in [-0.05, 0) is 81.6 Å². The first-order valence-corrected chi connectivity index (χ1v) is 15.6. The number of sulfonamides is 1. The molecule has 1 N–H and O–H groups in total. The average Bonchev–Trinajstić information content (AvgIpc) is 2.89. The smallest absolute Gasteiger partial charge is 0.264 e. The molecular formula is C30H34Cl3N3O4S. The van der Waals surface area contributed by atoms with E-state index in [-0.39, 0.29) is 29.5 Å². The molecule has 0 saturated carbocycles. The minimum Gasteiger partial charge on any atom is -0.350 e. The Morgan fingerprint density at radius 2 is 1.59 bits per heavy atom. The highest BCUT2D eigenvalue weighted by molar-refractivity contribution is 7.92. The second-order valence-electron chi connectivity index (χ2n) is 10.7. The molecule has 0 bridgehead atoms. The third kappa shape index (κ3) is 8.38. The van der Waals surface area contributed by atoms with E-state index >= 15 is 0 Å². The standard InChI is InChI=1S/C30H34Cl3N3O4S/c1-6-27(29(38)34-30(3,4)5)35(18-21-13-14-22(31)16-26(21)33)28(37)19-36(23-15-12-20(2)25(32)17-23)41(39,40)24-10-8-7-9-11-24/h7-17,27H,6,18-19H2,1-5H3,(H,34,38). The zero-order valence-electron chi connectivity index (χ0n) is 23.6. The Morgan fingerprint density at radius 1 is 0.927 bits per heavy atom. The van der Waals surface area contributed by atoms with Crippen LogP contribution >= 0.6 is 34.8 Å². The van der Waals surface area contributed by atoms with E-state index in [0.29, 0.717) is 20.6 Å². The van der Waals surface area contributed by atoms with E-state index in [1.165, 1.54) is 23.1 Å². The van der Waals surface area contributed by atoms with Gasteiger partial charge in [0.25, 0.3) is 10.0 Å². The number of nitrogens with one attached hydrogen (secondary N) is 1. The third-order valence-electron chi connectivity index (χ3n) is 6.29. The minimum atomic E-state index is -4.20. The van der Waals surface area contributed by atoms with Gasteiger partial charge in [-0.2, -0.15) is 0 Å². The van der Waals surface area contributed by atoms with E-state index in [9.17, 15) is 18.0 Å². The van der Waals surface area contributed by atoms with Crippen LogP contribution in [0.1, 0.15) is 45.2 Å². The summed E-state index contributed by atoms with van der Waals surface area (Å²) in [5.41, 5.74) is 0.970. The second kappa shape index (κ2) is 13.5. The fourth-order valence-electron chi connectivity index (χ4n) is 4.19. The highest BCUT2D eigenvalue weighted by Gasteiger charge is 2.35. The Balaban J connectivity index is 2.11. The molecule has 3 rings (SSSR count). The molecule has 1 unspecified atom stereocenters. The van der Waals surface area contributed by atoms with Crippen LogP contribution in [0.2, 0.25) is 15.1 Å². The van der Waals surface area contributed by atoms with Crippen LogP contribution in [-0.2, 0) is 26.2 Å². The SMILES string of the molecule is CCC(C(=O)NC(C)(C)C)N(Cc1ccc(Cl)cc1Cl)C(=O)CN(c1ccc(C)c(Cl)c1)S(=O)(=O)c1ccccc1. The van der Waals surface area contributed by atoms with Crippen molar-refractivity contribution in [1.82, 2.24) is 10.2 Å². The molecule has 3 aromatic carbocycles. The van der Waals surface area contributed by atoms with E-state index < -0.39 is 34.1 Å². The van der Waals surface area contributed by atoms with Gasteiger partial charge in [0.2, 0.25) is 11.8 Å². The summed E-state index contributed by atoms with van der Waals surface area (Å²) in [5.74, 6) is -0.961. The van der Waals surface area contributed by atoms with E-state index in [1.807, 2.05) is 20.8 Å². The normalized spacial score (nSPS) is 12.5. The van der Waals surface area contributed by atoms with Gasteiger partial charge in [0.05, 0.1) is 10.6 Å². The molecule has 3 aromatic rings. The summed E-state index contributed by atoms with van der Waals surface area (Å²) in [6, 6.07) is 16.6. The lowest BCUT2D eigenvalue weighted by Crippen LogP contribution is -2.55. The topological polar surface area (TPSA) is 86.8 Å². The number of carbonyl (C=O) groups is 2. The quantitative estimate of drug-likeness (QED) is 0.263. The first-order valence-electron chi connectivity index (χ1n) is 13.0. The Morgan fingerprint density at radius 3 is 2.15 bits per heavy atom. The lowest BCUT2D eigenvalue weighted by molar-refractivity contribution is -0.141. The number of hydrogen-bond donors (Lipinski definition) is 1. The molecule has 1 atom stereocenters. The number of benzene rings is 3. The monoisotopic (exact) mass is 637 g/mol. The van der Waals surface area contributed by atoms with Crippen molar-refractivity contribution in [3.8, 4) is 0 Å². The minimum absolute atomic E-state index is 0.00862. The maximum atomic E-state index is 14.1. The Bertz CT molecular complexity index is 1510. The number of nitrogens with zero attached hydrogens (tertiary/aromatic N) is 2. The summed E-state index contributed by atoms with van der Waals surface area (Å²) in [4.78, 5) is 28.9. The number of amides is 2. The van der Waals surface area contributed by atoms with Gasteiger partial charge in [-0.15, -0.1) is 0 Å². The summed E-state index contributed by atoms with van der Waals surface area (Å²) in [5, 5.41) is 4.03. The molecule has 0 radical (unpaired) electrons. The van der Waals surface area contributed by atoms with E-state index in [0.717, 1.165) is 9.87 Å². The Labute approximate surface area is 257 Å². The largest absolute Gasteiger partial charge is 0.350 e. The molecule has 2 amide bonds. The average molecular weight is 639 g/mol. The van der Waals surface area contributed by atoms with E-state index in [1.54, 1.807) is 62.4 Å². The molecule has 0 heterocycles. The molecule has 0 aromatic heterocycles. The maximum Gasteiger partial charge on any atom is 0.264 e. The highest BCUT2D eigenvalue weighted by Crippen LogP contribution is 2.29. The van der Waals surface area contributed by atoms with Gasteiger partial charge < -0.3 is 10.2 Å². The zero-order chi connectivity index (χ0) is 30.5. The van der Waals surface area contributed by atoms with E-state index in [2.05, 4.69) is 5.32 Å². The zero-order valence-corrected chi connectivity index (χ0v) is 26.7. The molecule has 0 aliphatic heterocycles. The van der Waals surface area contributed by atoms with Crippen LogP contribution in [0.3, 0.4) is 0 Å². The van der Waals surface area contributed by atoms with Gasteiger partial charge in [-0.3, -0.25) is 13.9 Å². The predicted molar refractivity (Wildman–Crippen MR) is 166 cm³/mol. The van der Waals surface area contributed by atoms with Gasteiger partial charge in [0.1, 0.15) is 12.6 Å². The molecule has 220 valence electrons. The molecule has 0 aliphatic rings. The fraction of sp³-hybridized carbons (Fsp3) is 0.333. The van der Waals surface area contributed by atoms with Crippen molar-refractivity contribution in [2.75, 3.05) is 10.8 Å². The van der Waals surface area contributed by atoms with Gasteiger partial charge in [-0.1, -0.05) is 72.1 Å². The second-order valence-corrected chi connectivity index (χ2v) is 13.8. The van der Waals surface area contributed by atoms with Crippen LogP contribution in [0.5, 0.6) is 0 Å². The lowest BCUT2D eigenvalue weighted by Gasteiger charge is -2.35. The van der Waals surface area contributed by atoms with Crippen LogP contribution in [0.25, 0.3) is 0 Å². The van der Waals surface area contributed by atoms with E-state index in [4.69, 9.17) is 34.8 Å². The Hall–Kier alpha value is -2.78. The number of rotatable bonds is 10. The lowest BCUT2D eigenvalue weighted by atomic mass is 10.1. The fourth-order valence-corrected chi connectivity index (χ4v) is 6.26. The van der Waals surface area contributed by atoms with Gasteiger partial charge in [0, 0.05) is 27.2 Å². The van der Waals surface area contributed by atoms with Crippen LogP contribution in [0.15, 0.2) is 71.6 Å². The molecule has 0 spiro atoms. The molecule has 11 heteroatoms. The van der Waals surface area contributed by atoms with Crippen molar-refractivity contribution in [1.29, 1.82) is 0 Å². The molecule has 0 saturated heterocycles. The van der Waals surface area contributed by atoms with Gasteiger partial charge >= 0.3 is 0 Å². The number of hydrogen-bond acceptors (Lipinski definition) is 4. The van der Waals surface area contributed by atoms with Crippen molar-refractivity contribution < 1.29 is 18.0 Å². The molecule has 0 aliphatic carbocycles. The molecule has 41 heavy (non-hydrogen) atoms. The summed E-state index contributed by atoms with van der Waals surface area (Å²) in [6.07, 6.45) is 0.278. The van der Waals surface area contributed by atoms with Crippen LogP contribution in [0, 0.1) is 6.92 Å². The first kappa shape index (κ1) is 32.7. The van der Waals surface area contributed by atoms with Crippen molar-refractivity contribution in [2.24, 2.45) is 0 Å².